The highest BCUT2D eigenvalue weighted by Gasteiger charge is 2.27. The van der Waals surface area contributed by atoms with Gasteiger partial charge in [0.15, 0.2) is 11.6 Å². The molecule has 6 heteroatoms. The van der Waals surface area contributed by atoms with Crippen molar-refractivity contribution >= 4 is 5.91 Å². The SMILES string of the molecule is Cc1cccc(-n2nc(C(=O)NC3CC3)nc2-c2ccco2)c1. The van der Waals surface area contributed by atoms with E-state index in [1.54, 1.807) is 23.1 Å². The second-order valence-electron chi connectivity index (χ2n) is 5.73. The first-order valence-corrected chi connectivity index (χ1v) is 7.59. The molecule has 1 N–H and O–H groups in total. The summed E-state index contributed by atoms with van der Waals surface area (Å²) in [5, 5.41) is 7.30. The van der Waals surface area contributed by atoms with Gasteiger partial charge in [-0.25, -0.2) is 4.68 Å². The Labute approximate surface area is 133 Å². The van der Waals surface area contributed by atoms with Crippen LogP contribution in [-0.4, -0.2) is 26.7 Å². The molecule has 0 spiro atoms. The number of hydrogen-bond acceptors (Lipinski definition) is 4. The maximum Gasteiger partial charge on any atom is 0.291 e. The standard InChI is InChI=1S/C17H16N4O2/c1-11-4-2-5-13(10-11)21-16(14-6-3-9-23-14)19-15(20-21)17(22)18-12-7-8-12/h2-6,9-10,12H,7-8H2,1H3,(H,18,22). The molecule has 6 nitrogen and oxygen atoms in total. The van der Waals surface area contributed by atoms with Gasteiger partial charge >= 0.3 is 0 Å². The van der Waals surface area contributed by atoms with E-state index in [0.29, 0.717) is 11.6 Å². The monoisotopic (exact) mass is 308 g/mol. The van der Waals surface area contributed by atoms with Crippen LogP contribution in [0.4, 0.5) is 0 Å². The van der Waals surface area contributed by atoms with Crippen molar-refractivity contribution in [1.29, 1.82) is 0 Å². The van der Waals surface area contributed by atoms with Gasteiger partial charge in [-0.2, -0.15) is 4.98 Å². The molecule has 1 saturated carbocycles. The molecule has 1 aliphatic rings. The zero-order chi connectivity index (χ0) is 15.8. The number of hydrogen-bond donors (Lipinski definition) is 1. The molecule has 2 aromatic heterocycles. The smallest absolute Gasteiger partial charge is 0.291 e. The third-order valence-electron chi connectivity index (χ3n) is 3.71. The highest BCUT2D eigenvalue weighted by molar-refractivity contribution is 5.91. The third kappa shape index (κ3) is 2.75. The second kappa shape index (κ2) is 5.39. The topological polar surface area (TPSA) is 73.0 Å². The van der Waals surface area contributed by atoms with E-state index >= 15 is 0 Å². The zero-order valence-electron chi connectivity index (χ0n) is 12.7. The maximum atomic E-state index is 12.2. The number of aryl methyl sites for hydroxylation is 1. The van der Waals surface area contributed by atoms with Gasteiger partial charge < -0.3 is 9.73 Å². The summed E-state index contributed by atoms with van der Waals surface area (Å²) in [4.78, 5) is 16.6. The van der Waals surface area contributed by atoms with Gasteiger partial charge in [-0.15, -0.1) is 5.10 Å². The van der Waals surface area contributed by atoms with E-state index in [1.807, 2.05) is 31.2 Å². The van der Waals surface area contributed by atoms with Crippen molar-refractivity contribution in [2.75, 3.05) is 0 Å². The van der Waals surface area contributed by atoms with E-state index in [0.717, 1.165) is 24.1 Å². The molecular weight excluding hydrogens is 292 g/mol. The fourth-order valence-electron chi connectivity index (χ4n) is 2.39. The Hall–Kier alpha value is -2.89. The fourth-order valence-corrected chi connectivity index (χ4v) is 2.39. The third-order valence-corrected chi connectivity index (χ3v) is 3.71. The number of amides is 1. The van der Waals surface area contributed by atoms with Gasteiger partial charge in [-0.1, -0.05) is 12.1 Å². The average molecular weight is 308 g/mol. The van der Waals surface area contributed by atoms with Gasteiger partial charge in [0, 0.05) is 6.04 Å². The van der Waals surface area contributed by atoms with Gasteiger partial charge in [0.2, 0.25) is 5.82 Å². The van der Waals surface area contributed by atoms with E-state index in [4.69, 9.17) is 4.42 Å². The van der Waals surface area contributed by atoms with Gasteiger partial charge in [-0.3, -0.25) is 4.79 Å². The summed E-state index contributed by atoms with van der Waals surface area (Å²) in [6.45, 7) is 2.01. The minimum absolute atomic E-state index is 0.157. The number of furan rings is 1. The van der Waals surface area contributed by atoms with E-state index in [9.17, 15) is 4.79 Å². The lowest BCUT2D eigenvalue weighted by Gasteiger charge is -2.04. The van der Waals surface area contributed by atoms with Crippen molar-refractivity contribution in [1.82, 2.24) is 20.1 Å². The highest BCUT2D eigenvalue weighted by atomic mass is 16.3. The Morgan fingerprint density at radius 1 is 1.30 bits per heavy atom. The summed E-state index contributed by atoms with van der Waals surface area (Å²) in [6.07, 6.45) is 3.62. The lowest BCUT2D eigenvalue weighted by molar-refractivity contribution is 0.0941. The van der Waals surface area contributed by atoms with Crippen LogP contribution in [0.3, 0.4) is 0 Å². The zero-order valence-corrected chi connectivity index (χ0v) is 12.7. The number of carbonyl (C=O) groups excluding carboxylic acids is 1. The maximum absolute atomic E-state index is 12.2. The summed E-state index contributed by atoms with van der Waals surface area (Å²) in [6, 6.07) is 11.7. The lowest BCUT2D eigenvalue weighted by atomic mass is 10.2. The minimum atomic E-state index is -0.244. The largest absolute Gasteiger partial charge is 0.461 e. The van der Waals surface area contributed by atoms with E-state index in [2.05, 4.69) is 15.4 Å². The van der Waals surface area contributed by atoms with Crippen molar-refractivity contribution in [3.8, 4) is 17.3 Å². The van der Waals surface area contributed by atoms with E-state index < -0.39 is 0 Å². The normalized spacial score (nSPS) is 14.0. The quantitative estimate of drug-likeness (QED) is 0.804. The van der Waals surface area contributed by atoms with Crippen molar-refractivity contribution < 1.29 is 9.21 Å². The van der Waals surface area contributed by atoms with Gasteiger partial charge in [0.05, 0.1) is 12.0 Å². The molecule has 0 atom stereocenters. The summed E-state index contributed by atoms with van der Waals surface area (Å²) in [7, 11) is 0. The Kier molecular flexibility index (Phi) is 3.22. The van der Waals surface area contributed by atoms with Crippen molar-refractivity contribution in [2.24, 2.45) is 0 Å². The summed E-state index contributed by atoms with van der Waals surface area (Å²) < 4.78 is 7.09. The van der Waals surface area contributed by atoms with Crippen LogP contribution in [0.25, 0.3) is 17.3 Å². The van der Waals surface area contributed by atoms with Gasteiger partial charge in [0.25, 0.3) is 5.91 Å². The molecule has 1 aliphatic carbocycles. The van der Waals surface area contributed by atoms with E-state index in [1.165, 1.54) is 0 Å². The predicted octanol–water partition coefficient (Wildman–Crippen LogP) is 2.73. The summed E-state index contributed by atoms with van der Waals surface area (Å²) in [5.41, 5.74) is 1.95. The van der Waals surface area contributed by atoms with Gasteiger partial charge in [-0.05, 0) is 49.6 Å². The van der Waals surface area contributed by atoms with Crippen LogP contribution in [0, 0.1) is 6.92 Å². The number of nitrogens with zero attached hydrogens (tertiary/aromatic N) is 3. The first kappa shape index (κ1) is 13.8. The second-order valence-corrected chi connectivity index (χ2v) is 5.73. The van der Waals surface area contributed by atoms with Crippen LogP contribution < -0.4 is 5.32 Å². The molecule has 0 radical (unpaired) electrons. The average Bonchev–Trinajstić information content (AvgIpc) is 3.05. The van der Waals surface area contributed by atoms with Crippen LogP contribution >= 0.6 is 0 Å². The minimum Gasteiger partial charge on any atom is -0.461 e. The Morgan fingerprint density at radius 3 is 2.87 bits per heavy atom. The molecular formula is C17H16N4O2. The van der Waals surface area contributed by atoms with Crippen LogP contribution in [-0.2, 0) is 0 Å². The summed E-state index contributed by atoms with van der Waals surface area (Å²) in [5.74, 6) is 1.00. The molecule has 0 bridgehead atoms. The lowest BCUT2D eigenvalue weighted by Crippen LogP contribution is -2.26. The molecule has 4 rings (SSSR count). The number of carbonyl (C=O) groups is 1. The van der Waals surface area contributed by atoms with Crippen molar-refractivity contribution in [3.05, 3.63) is 54.0 Å². The Balaban J connectivity index is 1.79. The predicted molar refractivity (Wildman–Crippen MR) is 84.3 cm³/mol. The van der Waals surface area contributed by atoms with Crippen LogP contribution in [0.2, 0.25) is 0 Å². The van der Waals surface area contributed by atoms with Crippen molar-refractivity contribution in [3.63, 3.8) is 0 Å². The molecule has 1 fully saturated rings. The number of nitrogens with one attached hydrogen (secondary N) is 1. The molecule has 116 valence electrons. The van der Waals surface area contributed by atoms with Gasteiger partial charge in [0.1, 0.15) is 0 Å². The molecule has 2 heterocycles. The number of rotatable bonds is 4. The van der Waals surface area contributed by atoms with E-state index in [-0.39, 0.29) is 17.8 Å². The molecule has 1 amide bonds. The molecule has 3 aromatic rings. The fraction of sp³-hybridized carbons (Fsp3) is 0.235. The highest BCUT2D eigenvalue weighted by Crippen LogP contribution is 2.23. The Bertz CT molecular complexity index is 847. The Morgan fingerprint density at radius 2 is 2.17 bits per heavy atom. The van der Waals surface area contributed by atoms with Crippen molar-refractivity contribution in [2.45, 2.75) is 25.8 Å². The molecule has 0 aliphatic heterocycles. The molecule has 0 saturated heterocycles. The first-order chi connectivity index (χ1) is 11.2. The van der Waals surface area contributed by atoms with Crippen LogP contribution in [0.5, 0.6) is 0 Å². The van der Waals surface area contributed by atoms with Crippen LogP contribution in [0.15, 0.2) is 47.1 Å². The number of aromatic nitrogens is 3. The number of benzene rings is 1. The molecule has 23 heavy (non-hydrogen) atoms. The molecule has 1 aromatic carbocycles. The van der Waals surface area contributed by atoms with Crippen LogP contribution in [0.1, 0.15) is 29.0 Å². The first-order valence-electron chi connectivity index (χ1n) is 7.59. The molecule has 0 unspecified atom stereocenters. The summed E-state index contributed by atoms with van der Waals surface area (Å²) >= 11 is 0.